The average Bonchev–Trinajstić information content (AvgIpc) is 3.55. The highest BCUT2D eigenvalue weighted by molar-refractivity contribution is 7.92. The van der Waals surface area contributed by atoms with Gasteiger partial charge >= 0.3 is 6.09 Å². The van der Waals surface area contributed by atoms with Crippen LogP contribution in [-0.2, 0) is 21.4 Å². The van der Waals surface area contributed by atoms with Crippen LogP contribution in [0.2, 0.25) is 0 Å². The van der Waals surface area contributed by atoms with Gasteiger partial charge in [0, 0.05) is 44.3 Å². The zero-order valence-corrected chi connectivity index (χ0v) is 29.3. The number of hydrogen-bond acceptors (Lipinski definition) is 6. The number of carbonyl (C=O) groups is 1. The molecule has 0 N–H and O–H groups in total. The number of piperidine rings is 1. The van der Waals surface area contributed by atoms with Crippen molar-refractivity contribution in [2.45, 2.75) is 62.1 Å². The first-order valence-electron chi connectivity index (χ1n) is 17.4. The van der Waals surface area contributed by atoms with Gasteiger partial charge < -0.3 is 19.3 Å². The predicted octanol–water partition coefficient (Wildman–Crippen LogP) is 7.58. The van der Waals surface area contributed by atoms with Crippen molar-refractivity contribution in [1.82, 2.24) is 9.80 Å². The van der Waals surface area contributed by atoms with Gasteiger partial charge in [-0.3, -0.25) is 4.31 Å². The Labute approximate surface area is 291 Å². The van der Waals surface area contributed by atoms with Gasteiger partial charge in [0.15, 0.2) is 0 Å². The third-order valence-corrected chi connectivity index (χ3v) is 12.0. The number of hydrogen-bond donors (Lipinski definition) is 0. The summed E-state index contributed by atoms with van der Waals surface area (Å²) < 4.78 is 41.7. The highest BCUT2D eigenvalue weighted by Gasteiger charge is 2.43. The fourth-order valence-electron chi connectivity index (χ4n) is 7.68. The quantitative estimate of drug-likeness (QED) is 0.154. The third-order valence-electron chi connectivity index (χ3n) is 10.1. The number of sulfonamides is 1. The Kier molecular flexibility index (Phi) is 11.2. The van der Waals surface area contributed by atoms with Crippen molar-refractivity contribution in [1.29, 1.82) is 0 Å². The van der Waals surface area contributed by atoms with Crippen molar-refractivity contribution in [2.24, 2.45) is 5.92 Å². The molecule has 1 amide bonds. The van der Waals surface area contributed by atoms with Crippen molar-refractivity contribution in [3.05, 3.63) is 126 Å². The lowest BCUT2D eigenvalue weighted by atomic mass is 9.88. The SMILES string of the molecule is CCN(C(=O)OCc1ccccc1)C1CCN(C[C@H]2CC(N(c3cccc(OC)c3)S(=O)(=O)c3ccccc3)C[C@@H]2c2ccccc2)CC1. The van der Waals surface area contributed by atoms with Crippen LogP contribution in [0.4, 0.5) is 10.5 Å². The van der Waals surface area contributed by atoms with Crippen molar-refractivity contribution in [3.8, 4) is 5.75 Å². The predicted molar refractivity (Wildman–Crippen MR) is 193 cm³/mol. The van der Waals surface area contributed by atoms with E-state index >= 15 is 0 Å². The zero-order valence-electron chi connectivity index (χ0n) is 28.4. The van der Waals surface area contributed by atoms with Gasteiger partial charge in [-0.1, -0.05) is 84.9 Å². The average molecular weight is 682 g/mol. The van der Waals surface area contributed by atoms with Crippen LogP contribution in [0.3, 0.4) is 0 Å². The molecule has 1 heterocycles. The van der Waals surface area contributed by atoms with E-state index in [1.807, 2.05) is 78.6 Å². The van der Waals surface area contributed by atoms with Crippen LogP contribution in [0.5, 0.6) is 5.75 Å². The van der Waals surface area contributed by atoms with Crippen LogP contribution < -0.4 is 9.04 Å². The molecular formula is C40H47N3O5S. The monoisotopic (exact) mass is 681 g/mol. The lowest BCUT2D eigenvalue weighted by Gasteiger charge is -2.39. The van der Waals surface area contributed by atoms with Crippen molar-refractivity contribution < 1.29 is 22.7 Å². The van der Waals surface area contributed by atoms with Crippen LogP contribution in [0.15, 0.2) is 120 Å². The van der Waals surface area contributed by atoms with Crippen molar-refractivity contribution in [2.75, 3.05) is 37.6 Å². The summed E-state index contributed by atoms with van der Waals surface area (Å²) in [6, 6.07) is 36.3. The van der Waals surface area contributed by atoms with Gasteiger partial charge in [0.2, 0.25) is 0 Å². The Morgan fingerprint density at radius 2 is 1.47 bits per heavy atom. The Bertz CT molecular complexity index is 1750. The maximum atomic E-state index is 14.4. The number of methoxy groups -OCH3 is 1. The second kappa shape index (κ2) is 15.9. The second-order valence-corrected chi connectivity index (χ2v) is 14.9. The summed E-state index contributed by atoms with van der Waals surface area (Å²) in [4.78, 5) is 17.7. The highest BCUT2D eigenvalue weighted by atomic mass is 32.2. The number of benzene rings is 4. The Hall–Kier alpha value is -4.34. The topological polar surface area (TPSA) is 79.4 Å². The van der Waals surface area contributed by atoms with Gasteiger partial charge in [-0.05, 0) is 79.8 Å². The van der Waals surface area contributed by atoms with E-state index in [4.69, 9.17) is 9.47 Å². The number of carbonyl (C=O) groups excluding carboxylic acids is 1. The fourth-order valence-corrected chi connectivity index (χ4v) is 9.36. The largest absolute Gasteiger partial charge is 0.497 e. The number of ether oxygens (including phenoxy) is 2. The molecule has 49 heavy (non-hydrogen) atoms. The molecule has 1 aliphatic heterocycles. The number of nitrogens with zero attached hydrogens (tertiary/aromatic N) is 3. The fraction of sp³-hybridized carbons (Fsp3) is 0.375. The van der Waals surface area contributed by atoms with E-state index in [1.54, 1.807) is 35.7 Å². The molecule has 1 saturated carbocycles. The van der Waals surface area contributed by atoms with E-state index in [2.05, 4.69) is 29.2 Å². The second-order valence-electron chi connectivity index (χ2n) is 13.1. The van der Waals surface area contributed by atoms with Gasteiger partial charge in [-0.25, -0.2) is 13.2 Å². The summed E-state index contributed by atoms with van der Waals surface area (Å²) in [6.45, 7) is 5.50. The van der Waals surface area contributed by atoms with E-state index < -0.39 is 10.0 Å². The molecule has 8 nitrogen and oxygen atoms in total. The molecule has 0 bridgehead atoms. The Morgan fingerprint density at radius 1 is 0.816 bits per heavy atom. The van der Waals surface area contributed by atoms with Crippen LogP contribution in [0.1, 0.15) is 49.7 Å². The normalized spacial score (nSPS) is 20.1. The maximum absolute atomic E-state index is 14.4. The zero-order chi connectivity index (χ0) is 34.2. The molecule has 6 rings (SSSR count). The molecule has 4 aromatic rings. The minimum atomic E-state index is -3.86. The van der Waals surface area contributed by atoms with Gasteiger partial charge in [0.25, 0.3) is 10.0 Å². The molecule has 1 unspecified atom stereocenters. The summed E-state index contributed by atoms with van der Waals surface area (Å²) in [5.41, 5.74) is 2.83. The first-order chi connectivity index (χ1) is 23.9. The summed E-state index contributed by atoms with van der Waals surface area (Å²) in [7, 11) is -2.26. The first-order valence-corrected chi connectivity index (χ1v) is 18.8. The maximum Gasteiger partial charge on any atom is 0.410 e. The summed E-state index contributed by atoms with van der Waals surface area (Å²) in [5, 5.41) is 0. The van der Waals surface area contributed by atoms with Crippen LogP contribution in [-0.4, -0.2) is 69.7 Å². The molecule has 9 heteroatoms. The molecule has 1 saturated heterocycles. The highest BCUT2D eigenvalue weighted by Crippen LogP contribution is 2.45. The standard InChI is InChI=1S/C40H47N3O5S/c1-3-42(40(44)48-30-31-14-7-4-8-15-31)34-22-24-41(25-23-34)29-33-26-36(28-39(33)32-16-9-5-10-17-32)43(35-18-13-19-37(27-35)47-2)49(45,46)38-20-11-6-12-21-38/h4-21,27,33-34,36,39H,3,22-26,28-30H2,1-2H3/t33-,36?,39-/m1/s1. The minimum Gasteiger partial charge on any atom is -0.497 e. The molecule has 0 spiro atoms. The van der Waals surface area contributed by atoms with Crippen LogP contribution in [0, 0.1) is 5.92 Å². The molecule has 258 valence electrons. The molecule has 0 aromatic heterocycles. The molecule has 3 atom stereocenters. The van der Waals surface area contributed by atoms with Gasteiger partial charge in [-0.15, -0.1) is 0 Å². The Balaban J connectivity index is 1.19. The number of likely N-dealkylation sites (tertiary alicyclic amines) is 1. The van der Waals surface area contributed by atoms with E-state index in [9.17, 15) is 13.2 Å². The van der Waals surface area contributed by atoms with E-state index in [0.717, 1.165) is 44.5 Å². The summed E-state index contributed by atoms with van der Waals surface area (Å²) in [6.07, 6.45) is 2.93. The van der Waals surface area contributed by atoms with E-state index in [1.165, 1.54) is 5.56 Å². The van der Waals surface area contributed by atoms with Crippen LogP contribution >= 0.6 is 0 Å². The molecule has 1 aliphatic carbocycles. The minimum absolute atomic E-state index is 0.130. The first kappa shape index (κ1) is 34.5. The molecule has 0 radical (unpaired) electrons. The van der Waals surface area contributed by atoms with Gasteiger partial charge in [0.05, 0.1) is 17.7 Å². The number of anilines is 1. The van der Waals surface area contributed by atoms with E-state index in [-0.39, 0.29) is 41.5 Å². The van der Waals surface area contributed by atoms with Gasteiger partial charge in [-0.2, -0.15) is 0 Å². The summed E-state index contributed by atoms with van der Waals surface area (Å²) in [5.74, 6) is 1.07. The van der Waals surface area contributed by atoms with Crippen molar-refractivity contribution in [3.63, 3.8) is 0 Å². The number of amides is 1. The molecule has 2 aliphatic rings. The third kappa shape index (κ3) is 8.11. The molecular weight excluding hydrogens is 635 g/mol. The van der Waals surface area contributed by atoms with E-state index in [0.29, 0.717) is 24.4 Å². The van der Waals surface area contributed by atoms with Crippen molar-refractivity contribution >= 4 is 21.8 Å². The Morgan fingerprint density at radius 3 is 2.12 bits per heavy atom. The molecule has 2 fully saturated rings. The summed E-state index contributed by atoms with van der Waals surface area (Å²) >= 11 is 0. The van der Waals surface area contributed by atoms with Crippen LogP contribution in [0.25, 0.3) is 0 Å². The lowest BCUT2D eigenvalue weighted by molar-refractivity contribution is 0.0602. The van der Waals surface area contributed by atoms with Gasteiger partial charge in [0.1, 0.15) is 12.4 Å². The molecule has 4 aromatic carbocycles. The smallest absolute Gasteiger partial charge is 0.410 e. The lowest BCUT2D eigenvalue weighted by Crippen LogP contribution is -2.48. The number of rotatable bonds is 12.